The molecule has 0 spiro atoms. The summed E-state index contributed by atoms with van der Waals surface area (Å²) in [5, 5.41) is 7.33. The third-order valence-electron chi connectivity index (χ3n) is 4.51. The van der Waals surface area contributed by atoms with Crippen molar-refractivity contribution >= 4 is 15.7 Å². The Balaban J connectivity index is 1.63. The van der Waals surface area contributed by atoms with Crippen molar-refractivity contribution in [3.63, 3.8) is 0 Å². The first kappa shape index (κ1) is 16.5. The van der Waals surface area contributed by atoms with Crippen molar-refractivity contribution in [2.75, 3.05) is 30.3 Å². The van der Waals surface area contributed by atoms with E-state index in [1.54, 1.807) is 6.07 Å². The molecule has 25 heavy (non-hydrogen) atoms. The summed E-state index contributed by atoms with van der Waals surface area (Å²) in [5.74, 6) is 0.997. The number of aromatic nitrogens is 2. The van der Waals surface area contributed by atoms with Crippen LogP contribution in [0.1, 0.15) is 24.4 Å². The summed E-state index contributed by atoms with van der Waals surface area (Å²) in [6, 6.07) is 5.39. The monoisotopic (exact) mass is 364 g/mol. The zero-order valence-corrected chi connectivity index (χ0v) is 14.9. The number of fused-ring (bicyclic) bond motifs is 1. The molecule has 2 unspecified atom stereocenters. The van der Waals surface area contributed by atoms with Gasteiger partial charge in [-0.2, -0.15) is 4.98 Å². The number of anilines is 1. The number of benzene rings is 1. The molecule has 1 fully saturated rings. The van der Waals surface area contributed by atoms with E-state index in [1.165, 1.54) is 10.6 Å². The van der Waals surface area contributed by atoms with Crippen LogP contribution in [0.3, 0.4) is 0 Å². The van der Waals surface area contributed by atoms with Gasteiger partial charge in [0, 0.05) is 18.2 Å². The van der Waals surface area contributed by atoms with Gasteiger partial charge >= 0.3 is 0 Å². The maximum Gasteiger partial charge on any atom is 0.257 e. The minimum Gasteiger partial charge on any atom is -0.378 e. The Kier molecular flexibility index (Phi) is 4.01. The molecule has 0 bridgehead atoms. The van der Waals surface area contributed by atoms with Crippen LogP contribution < -0.4 is 9.62 Å². The van der Waals surface area contributed by atoms with Gasteiger partial charge in [-0.05, 0) is 37.1 Å². The molecule has 1 N–H and O–H groups in total. The van der Waals surface area contributed by atoms with Crippen LogP contribution in [-0.2, 0) is 21.2 Å². The molecule has 3 heterocycles. The van der Waals surface area contributed by atoms with Crippen LogP contribution in [0, 0.1) is 0 Å². The third-order valence-corrected chi connectivity index (χ3v) is 5.78. The number of ether oxygens (including phenoxy) is 1. The summed E-state index contributed by atoms with van der Waals surface area (Å²) in [4.78, 5) is 4.46. The Morgan fingerprint density at radius 1 is 1.36 bits per heavy atom. The Morgan fingerprint density at radius 2 is 2.20 bits per heavy atom. The quantitative estimate of drug-likeness (QED) is 0.871. The number of nitrogens with zero attached hydrogens (tertiary/aromatic N) is 3. The van der Waals surface area contributed by atoms with Crippen LogP contribution in [0.4, 0.5) is 5.69 Å². The predicted molar refractivity (Wildman–Crippen MR) is 91.8 cm³/mol. The molecule has 2 aromatic rings. The zero-order valence-electron chi connectivity index (χ0n) is 14.1. The second-order valence-corrected chi connectivity index (χ2v) is 8.35. The van der Waals surface area contributed by atoms with E-state index in [-0.39, 0.29) is 12.1 Å². The molecule has 0 saturated carbocycles. The fourth-order valence-electron chi connectivity index (χ4n) is 3.47. The second-order valence-electron chi connectivity index (χ2n) is 6.49. The maximum absolute atomic E-state index is 12.0. The third kappa shape index (κ3) is 3.03. The van der Waals surface area contributed by atoms with Crippen LogP contribution in [0.25, 0.3) is 11.5 Å². The Labute approximate surface area is 146 Å². The molecule has 9 heteroatoms. The molecule has 0 amide bonds. The highest BCUT2D eigenvalue weighted by atomic mass is 32.2. The van der Waals surface area contributed by atoms with E-state index in [0.29, 0.717) is 31.3 Å². The van der Waals surface area contributed by atoms with E-state index in [4.69, 9.17) is 9.26 Å². The Bertz CT molecular complexity index is 889. The van der Waals surface area contributed by atoms with E-state index in [1.807, 2.05) is 19.1 Å². The van der Waals surface area contributed by atoms with Crippen LogP contribution in [0.5, 0.6) is 0 Å². The fourth-order valence-corrected chi connectivity index (χ4v) is 4.73. The lowest BCUT2D eigenvalue weighted by molar-refractivity contribution is 0.0734. The summed E-state index contributed by atoms with van der Waals surface area (Å²) in [6.45, 7) is 3.86. The van der Waals surface area contributed by atoms with Gasteiger partial charge in [0.05, 0.1) is 31.2 Å². The normalized spacial score (nSPS) is 23.7. The molecule has 8 nitrogen and oxygen atoms in total. The molecule has 2 aliphatic rings. The van der Waals surface area contributed by atoms with Gasteiger partial charge in [-0.3, -0.25) is 4.31 Å². The highest BCUT2D eigenvalue weighted by molar-refractivity contribution is 7.92. The van der Waals surface area contributed by atoms with Crippen LogP contribution in [0.15, 0.2) is 22.7 Å². The van der Waals surface area contributed by atoms with Crippen molar-refractivity contribution in [3.05, 3.63) is 29.6 Å². The molecule has 134 valence electrons. The average molecular weight is 364 g/mol. The number of morpholine rings is 1. The summed E-state index contributed by atoms with van der Waals surface area (Å²) in [6.07, 6.45) is 1.89. The molecule has 1 aromatic carbocycles. The van der Waals surface area contributed by atoms with Gasteiger partial charge in [0.25, 0.3) is 5.89 Å². The lowest BCUT2D eigenvalue weighted by atomic mass is 10.1. The summed E-state index contributed by atoms with van der Waals surface area (Å²) in [5.41, 5.74) is 2.48. The minimum absolute atomic E-state index is 0.0681. The van der Waals surface area contributed by atoms with Crippen LogP contribution in [-0.4, -0.2) is 50.6 Å². The first-order chi connectivity index (χ1) is 11.9. The molecular weight excluding hydrogens is 344 g/mol. The van der Waals surface area contributed by atoms with Crippen molar-refractivity contribution < 1.29 is 17.7 Å². The van der Waals surface area contributed by atoms with Crippen molar-refractivity contribution in [3.8, 4) is 11.5 Å². The van der Waals surface area contributed by atoms with Gasteiger partial charge in [-0.25, -0.2) is 8.42 Å². The lowest BCUT2D eigenvalue weighted by Gasteiger charge is -2.21. The predicted octanol–water partition coefficient (Wildman–Crippen LogP) is 1.11. The van der Waals surface area contributed by atoms with Gasteiger partial charge in [0.15, 0.2) is 5.82 Å². The molecular formula is C16H20N4O4S. The highest BCUT2D eigenvalue weighted by Gasteiger charge is 2.33. The van der Waals surface area contributed by atoms with E-state index in [9.17, 15) is 8.42 Å². The lowest BCUT2D eigenvalue weighted by Crippen LogP contribution is -2.35. The molecule has 1 aromatic heterocycles. The van der Waals surface area contributed by atoms with Gasteiger partial charge in [0.2, 0.25) is 10.0 Å². The standard InChI is InChI=1S/C16H20N4O4S/c1-10-7-12-8-11(3-4-14(12)20(10)25(2,21)22)16-18-15(19-24-16)13-9-23-6-5-17-13/h3-4,8,10,13,17H,5-7,9H2,1-2H3. The van der Waals surface area contributed by atoms with E-state index in [2.05, 4.69) is 15.5 Å². The molecule has 0 radical (unpaired) electrons. The van der Waals surface area contributed by atoms with Crippen molar-refractivity contribution in [2.24, 2.45) is 0 Å². The Hall–Kier alpha value is -1.97. The van der Waals surface area contributed by atoms with Crippen molar-refractivity contribution in [2.45, 2.75) is 25.4 Å². The van der Waals surface area contributed by atoms with Crippen LogP contribution >= 0.6 is 0 Å². The smallest absolute Gasteiger partial charge is 0.257 e. The zero-order chi connectivity index (χ0) is 17.6. The van der Waals surface area contributed by atoms with E-state index >= 15 is 0 Å². The first-order valence-electron chi connectivity index (χ1n) is 8.21. The highest BCUT2D eigenvalue weighted by Crippen LogP contribution is 2.36. The van der Waals surface area contributed by atoms with Gasteiger partial charge in [-0.15, -0.1) is 0 Å². The molecule has 2 atom stereocenters. The van der Waals surface area contributed by atoms with E-state index < -0.39 is 10.0 Å². The molecule has 4 rings (SSSR count). The SMILES string of the molecule is CC1Cc2cc(-c3nc(C4COCCN4)no3)ccc2N1S(C)(=O)=O. The van der Waals surface area contributed by atoms with Gasteiger partial charge < -0.3 is 14.6 Å². The van der Waals surface area contributed by atoms with Crippen LogP contribution in [0.2, 0.25) is 0 Å². The van der Waals surface area contributed by atoms with E-state index in [0.717, 1.165) is 23.4 Å². The molecule has 2 aliphatic heterocycles. The minimum atomic E-state index is -3.29. The summed E-state index contributed by atoms with van der Waals surface area (Å²) in [7, 11) is -3.29. The van der Waals surface area contributed by atoms with Crippen molar-refractivity contribution in [1.29, 1.82) is 0 Å². The van der Waals surface area contributed by atoms with Crippen molar-refractivity contribution in [1.82, 2.24) is 15.5 Å². The number of hydrogen-bond acceptors (Lipinski definition) is 7. The molecule has 0 aliphatic carbocycles. The number of hydrogen-bond donors (Lipinski definition) is 1. The summed E-state index contributed by atoms with van der Waals surface area (Å²) >= 11 is 0. The second kappa shape index (κ2) is 6.08. The molecule has 1 saturated heterocycles. The van der Waals surface area contributed by atoms with Gasteiger partial charge in [-0.1, -0.05) is 5.16 Å². The fraction of sp³-hybridized carbons (Fsp3) is 0.500. The topological polar surface area (TPSA) is 97.6 Å². The first-order valence-corrected chi connectivity index (χ1v) is 10.1. The maximum atomic E-state index is 12.0. The van der Waals surface area contributed by atoms with Gasteiger partial charge in [0.1, 0.15) is 0 Å². The average Bonchev–Trinajstić information content (AvgIpc) is 3.18. The Morgan fingerprint density at radius 3 is 2.92 bits per heavy atom. The number of sulfonamides is 1. The summed E-state index contributed by atoms with van der Waals surface area (Å²) < 4.78 is 36.3. The number of rotatable bonds is 3. The largest absolute Gasteiger partial charge is 0.378 e. The number of nitrogens with one attached hydrogen (secondary N) is 1.